The van der Waals surface area contributed by atoms with E-state index in [9.17, 15) is 9.18 Å². The molecule has 0 amide bonds. The molecule has 1 atom stereocenters. The highest BCUT2D eigenvalue weighted by atomic mass is 32.2. The summed E-state index contributed by atoms with van der Waals surface area (Å²) in [5, 5.41) is 7.03. The third-order valence-electron chi connectivity index (χ3n) is 3.45. The lowest BCUT2D eigenvalue weighted by Crippen LogP contribution is -2.24. The number of nitrogens with zero attached hydrogens (tertiary/aromatic N) is 2. The second kappa shape index (κ2) is 6.44. The molecule has 1 unspecified atom stereocenters. The van der Waals surface area contributed by atoms with Gasteiger partial charge in [0.05, 0.1) is 12.6 Å². The van der Waals surface area contributed by atoms with Crippen molar-refractivity contribution in [2.75, 3.05) is 6.61 Å². The van der Waals surface area contributed by atoms with Gasteiger partial charge in [-0.15, -0.1) is 5.10 Å². The maximum absolute atomic E-state index is 13.6. The molecule has 5 nitrogen and oxygen atoms in total. The Bertz CT molecular complexity index is 664. The van der Waals surface area contributed by atoms with E-state index in [1.165, 1.54) is 17.8 Å². The number of ether oxygens (including phenoxy) is 1. The highest BCUT2D eigenvalue weighted by Crippen LogP contribution is 2.22. The van der Waals surface area contributed by atoms with Crippen molar-refractivity contribution < 1.29 is 9.13 Å². The number of thioether (sulfide) groups is 1. The fourth-order valence-corrected chi connectivity index (χ4v) is 3.27. The van der Waals surface area contributed by atoms with E-state index in [4.69, 9.17) is 4.74 Å². The maximum Gasteiger partial charge on any atom is 0.344 e. The molecule has 21 heavy (non-hydrogen) atoms. The topological polar surface area (TPSA) is 59.9 Å². The van der Waals surface area contributed by atoms with E-state index in [1.807, 2.05) is 0 Å². The zero-order chi connectivity index (χ0) is 14.7. The first kappa shape index (κ1) is 14.3. The van der Waals surface area contributed by atoms with Crippen LogP contribution in [-0.2, 0) is 17.0 Å². The molecule has 0 bridgehead atoms. The Morgan fingerprint density at radius 3 is 3.10 bits per heavy atom. The van der Waals surface area contributed by atoms with Crippen LogP contribution in [0.4, 0.5) is 4.39 Å². The summed E-state index contributed by atoms with van der Waals surface area (Å²) in [7, 11) is 0. The molecule has 1 aliphatic heterocycles. The van der Waals surface area contributed by atoms with Crippen LogP contribution >= 0.6 is 11.8 Å². The lowest BCUT2D eigenvalue weighted by Gasteiger charge is -2.11. The second-order valence-corrected chi connectivity index (χ2v) is 5.88. The van der Waals surface area contributed by atoms with Gasteiger partial charge in [-0.3, -0.25) is 4.57 Å². The van der Waals surface area contributed by atoms with Crippen molar-refractivity contribution in [2.24, 2.45) is 0 Å². The van der Waals surface area contributed by atoms with Crippen LogP contribution in [0.5, 0.6) is 0 Å². The maximum atomic E-state index is 13.6. The predicted octanol–water partition coefficient (Wildman–Crippen LogP) is 2.18. The summed E-state index contributed by atoms with van der Waals surface area (Å²) in [6.07, 6.45) is 2.04. The van der Waals surface area contributed by atoms with E-state index >= 15 is 0 Å². The molecule has 1 aromatic heterocycles. The largest absolute Gasteiger partial charge is 0.376 e. The first-order valence-electron chi connectivity index (χ1n) is 6.87. The summed E-state index contributed by atoms with van der Waals surface area (Å²) >= 11 is 1.34. The fraction of sp³-hybridized carbons (Fsp3) is 0.429. The van der Waals surface area contributed by atoms with E-state index in [2.05, 4.69) is 10.2 Å². The van der Waals surface area contributed by atoms with Gasteiger partial charge in [-0.05, 0) is 24.5 Å². The molecule has 0 aliphatic carbocycles. The summed E-state index contributed by atoms with van der Waals surface area (Å²) in [5.41, 5.74) is 0.350. The quantitative estimate of drug-likeness (QED) is 0.860. The third-order valence-corrected chi connectivity index (χ3v) is 4.47. The summed E-state index contributed by atoms with van der Waals surface area (Å²) in [4.78, 5) is 11.8. The van der Waals surface area contributed by atoms with Crippen LogP contribution in [-0.4, -0.2) is 27.5 Å². The van der Waals surface area contributed by atoms with Crippen molar-refractivity contribution in [3.8, 4) is 0 Å². The number of halogens is 1. The van der Waals surface area contributed by atoms with Gasteiger partial charge in [-0.1, -0.05) is 30.0 Å². The van der Waals surface area contributed by atoms with Crippen molar-refractivity contribution in [3.05, 3.63) is 46.1 Å². The number of nitrogens with one attached hydrogen (secondary N) is 1. The molecule has 2 aromatic rings. The Hall–Kier alpha value is -1.60. The van der Waals surface area contributed by atoms with Crippen molar-refractivity contribution in [1.82, 2.24) is 14.8 Å². The lowest BCUT2D eigenvalue weighted by atomic mass is 10.2. The summed E-state index contributed by atoms with van der Waals surface area (Å²) in [6.45, 7) is 1.24. The van der Waals surface area contributed by atoms with Crippen LogP contribution in [0.3, 0.4) is 0 Å². The van der Waals surface area contributed by atoms with Crippen LogP contribution in [0.1, 0.15) is 18.4 Å². The van der Waals surface area contributed by atoms with E-state index < -0.39 is 0 Å². The normalized spacial score (nSPS) is 18.2. The first-order chi connectivity index (χ1) is 10.2. The molecule has 1 aliphatic rings. The summed E-state index contributed by atoms with van der Waals surface area (Å²) < 4.78 is 20.7. The number of hydrogen-bond donors (Lipinski definition) is 1. The van der Waals surface area contributed by atoms with Crippen LogP contribution in [0.15, 0.2) is 34.2 Å². The Balaban J connectivity index is 1.71. The monoisotopic (exact) mass is 309 g/mol. The van der Waals surface area contributed by atoms with Crippen LogP contribution in [0, 0.1) is 5.82 Å². The molecular weight excluding hydrogens is 293 g/mol. The van der Waals surface area contributed by atoms with Crippen LogP contribution in [0.25, 0.3) is 0 Å². The van der Waals surface area contributed by atoms with Gasteiger partial charge in [-0.25, -0.2) is 14.3 Å². The van der Waals surface area contributed by atoms with Gasteiger partial charge in [0, 0.05) is 12.4 Å². The molecule has 0 radical (unpaired) electrons. The lowest BCUT2D eigenvalue weighted by molar-refractivity contribution is 0.0941. The second-order valence-electron chi connectivity index (χ2n) is 4.94. The Kier molecular flexibility index (Phi) is 4.40. The van der Waals surface area contributed by atoms with Crippen molar-refractivity contribution >= 4 is 11.8 Å². The van der Waals surface area contributed by atoms with Gasteiger partial charge in [-0.2, -0.15) is 0 Å². The number of H-pyrrole nitrogens is 1. The van der Waals surface area contributed by atoms with Gasteiger partial charge < -0.3 is 4.74 Å². The first-order valence-corrected chi connectivity index (χ1v) is 7.85. The number of rotatable bonds is 5. The average Bonchev–Trinajstić information content (AvgIpc) is 3.11. The summed E-state index contributed by atoms with van der Waals surface area (Å²) in [6, 6.07) is 6.62. The Morgan fingerprint density at radius 1 is 1.48 bits per heavy atom. The predicted molar refractivity (Wildman–Crippen MR) is 77.8 cm³/mol. The molecule has 7 heteroatoms. The molecule has 1 saturated heterocycles. The number of aromatic amines is 1. The van der Waals surface area contributed by atoms with E-state index in [-0.39, 0.29) is 17.6 Å². The molecule has 3 rings (SSSR count). The zero-order valence-corrected chi connectivity index (χ0v) is 12.2. The highest BCUT2D eigenvalue weighted by molar-refractivity contribution is 7.98. The molecular formula is C14H16FN3O2S. The minimum absolute atomic E-state index is 0.0631. The third kappa shape index (κ3) is 3.36. The van der Waals surface area contributed by atoms with Crippen molar-refractivity contribution in [2.45, 2.75) is 36.4 Å². The average molecular weight is 309 g/mol. The van der Waals surface area contributed by atoms with Gasteiger partial charge in [0.25, 0.3) is 0 Å². The number of aromatic nitrogens is 3. The molecule has 2 heterocycles. The van der Waals surface area contributed by atoms with Crippen molar-refractivity contribution in [3.63, 3.8) is 0 Å². The number of benzene rings is 1. The smallest absolute Gasteiger partial charge is 0.344 e. The van der Waals surface area contributed by atoms with Gasteiger partial charge in [0.15, 0.2) is 5.16 Å². The van der Waals surface area contributed by atoms with Gasteiger partial charge >= 0.3 is 5.69 Å². The molecule has 112 valence electrons. The molecule has 1 fully saturated rings. The van der Waals surface area contributed by atoms with Gasteiger partial charge in [0.1, 0.15) is 5.82 Å². The Labute approximate surface area is 125 Å². The van der Waals surface area contributed by atoms with E-state index in [1.54, 1.807) is 22.8 Å². The molecule has 1 aromatic carbocycles. The molecule has 1 N–H and O–H groups in total. The summed E-state index contributed by atoms with van der Waals surface area (Å²) in [5.74, 6) is 0.191. The number of hydrogen-bond acceptors (Lipinski definition) is 4. The van der Waals surface area contributed by atoms with Crippen LogP contribution < -0.4 is 5.69 Å². The Morgan fingerprint density at radius 2 is 2.33 bits per heavy atom. The standard InChI is InChI=1S/C14H16FN3O2S/c15-12-6-2-1-4-10(12)9-21-14-17-16-13(19)18(14)8-11-5-3-7-20-11/h1-2,4,6,11H,3,5,7-9H2,(H,16,19). The van der Waals surface area contributed by atoms with Crippen molar-refractivity contribution in [1.29, 1.82) is 0 Å². The minimum Gasteiger partial charge on any atom is -0.376 e. The van der Waals surface area contributed by atoms with E-state index in [0.717, 1.165) is 19.4 Å². The zero-order valence-electron chi connectivity index (χ0n) is 11.4. The minimum atomic E-state index is -0.249. The molecule has 0 spiro atoms. The highest BCUT2D eigenvalue weighted by Gasteiger charge is 2.19. The van der Waals surface area contributed by atoms with E-state index in [0.29, 0.717) is 23.0 Å². The molecule has 0 saturated carbocycles. The van der Waals surface area contributed by atoms with Crippen LogP contribution in [0.2, 0.25) is 0 Å². The van der Waals surface area contributed by atoms with Gasteiger partial charge in [0.2, 0.25) is 0 Å². The fourth-order valence-electron chi connectivity index (χ4n) is 2.32. The SMILES string of the molecule is O=c1[nH]nc(SCc2ccccc2F)n1CC1CCCO1.